The normalized spacial score (nSPS) is 12.1. The Morgan fingerprint density at radius 1 is 0.304 bits per heavy atom. The number of fused-ring (bicyclic) bond motifs is 8. The molecule has 4 aromatic carbocycles. The lowest BCUT2D eigenvalue weighted by molar-refractivity contribution is 0.603. The van der Waals surface area contributed by atoms with E-state index in [9.17, 15) is 17.6 Å². The minimum atomic E-state index is -0.818. The van der Waals surface area contributed by atoms with Crippen LogP contribution < -0.4 is 0 Å². The molecule has 12 heteroatoms. The first-order chi connectivity index (χ1) is 27.0. The molecule has 3 aromatic heterocycles. The van der Waals surface area contributed by atoms with Crippen molar-refractivity contribution in [2.24, 2.45) is 0 Å². The summed E-state index contributed by atoms with van der Waals surface area (Å²) in [4.78, 5) is 15.8. The molecule has 8 bridgehead atoms. The van der Waals surface area contributed by atoms with Crippen molar-refractivity contribution >= 4 is 46.4 Å². The van der Waals surface area contributed by atoms with Crippen LogP contribution in [-0.4, -0.2) is 19.9 Å². The van der Waals surface area contributed by atoms with E-state index in [2.05, 4.69) is 9.97 Å². The van der Waals surface area contributed by atoms with Crippen molar-refractivity contribution < 1.29 is 35.1 Å². The first-order valence-electron chi connectivity index (χ1n) is 17.0. The Morgan fingerprint density at radius 3 is 0.768 bits per heavy atom. The third-order valence-electron chi connectivity index (χ3n) is 9.54. The SMILES string of the molecule is Fc1ccc(F)c(-c2c3nc(c(-c4cc(F)ccc4F)c4ccc([nH]4)c(-c4cc(F)ccc4F)c4nc(c(-c5cc(F)ccc5F)c5ccc2[nH]5)C=C4)C=C3)c1. The molecule has 2 aliphatic heterocycles. The molecule has 7 aromatic rings. The van der Waals surface area contributed by atoms with Gasteiger partial charge in [0.15, 0.2) is 0 Å². The lowest BCUT2D eigenvalue weighted by Gasteiger charge is -2.09. The zero-order valence-corrected chi connectivity index (χ0v) is 28.5. The predicted octanol–water partition coefficient (Wildman–Crippen LogP) is 12.4. The third kappa shape index (κ3) is 5.95. The molecule has 0 saturated carbocycles. The highest BCUT2D eigenvalue weighted by atomic mass is 19.2. The fourth-order valence-corrected chi connectivity index (χ4v) is 7.10. The Kier molecular flexibility index (Phi) is 8.26. The molecule has 2 N–H and O–H groups in total. The van der Waals surface area contributed by atoms with Crippen LogP contribution in [0, 0.1) is 46.5 Å². The van der Waals surface area contributed by atoms with E-state index >= 15 is 17.6 Å². The largest absolute Gasteiger partial charge is 0.354 e. The van der Waals surface area contributed by atoms with Crippen LogP contribution in [0.25, 0.3) is 90.9 Å². The van der Waals surface area contributed by atoms with Gasteiger partial charge in [0, 0.05) is 66.6 Å². The molecule has 0 unspecified atom stereocenters. The second kappa shape index (κ2) is 13.3. The molecule has 5 heterocycles. The maximum Gasteiger partial charge on any atom is 0.131 e. The van der Waals surface area contributed by atoms with Crippen molar-refractivity contribution in [2.75, 3.05) is 0 Å². The molecule has 4 nitrogen and oxygen atoms in total. The zero-order chi connectivity index (χ0) is 38.8. The van der Waals surface area contributed by atoms with Gasteiger partial charge >= 0.3 is 0 Å². The summed E-state index contributed by atoms with van der Waals surface area (Å²) < 4.78 is 122. The summed E-state index contributed by atoms with van der Waals surface area (Å²) in [6.45, 7) is 0. The minimum Gasteiger partial charge on any atom is -0.354 e. The molecule has 56 heavy (non-hydrogen) atoms. The molecule has 0 atom stereocenters. The van der Waals surface area contributed by atoms with Gasteiger partial charge in [-0.05, 0) is 121 Å². The Labute approximate surface area is 311 Å². The van der Waals surface area contributed by atoms with E-state index in [0.29, 0.717) is 0 Å². The Morgan fingerprint density at radius 2 is 0.536 bits per heavy atom. The van der Waals surface area contributed by atoms with Gasteiger partial charge < -0.3 is 9.97 Å². The van der Waals surface area contributed by atoms with Gasteiger partial charge in [-0.15, -0.1) is 0 Å². The van der Waals surface area contributed by atoms with Crippen molar-refractivity contribution in [3.63, 3.8) is 0 Å². The molecule has 0 aliphatic carbocycles. The Bertz CT molecular complexity index is 2640. The fraction of sp³-hybridized carbons (Fsp3) is 0. The number of aromatic nitrogens is 4. The van der Waals surface area contributed by atoms with E-state index in [4.69, 9.17) is 9.97 Å². The zero-order valence-electron chi connectivity index (χ0n) is 28.5. The number of rotatable bonds is 4. The van der Waals surface area contributed by atoms with Gasteiger partial charge in [-0.3, -0.25) is 0 Å². The first-order valence-corrected chi connectivity index (χ1v) is 17.0. The second-order valence-corrected chi connectivity index (χ2v) is 13.0. The van der Waals surface area contributed by atoms with Gasteiger partial charge in [0.05, 0.1) is 22.8 Å². The standard InChI is InChI=1S/C44H22F8N4/c45-21-1-5-29(49)25(17-21)41-33-9-11-35(53-33)42(26-18-22(46)2-6-30(26)50)37-13-15-39(55-37)44(28-20-24(48)4-8-32(28)52)40-16-14-38(56-40)43(36-12-10-34(41)54-36)27-19-23(47)3-7-31(27)51/h1-20,53,56H. The van der Waals surface area contributed by atoms with E-state index in [1.165, 1.54) is 48.6 Å². The molecular formula is C44H22F8N4. The summed E-state index contributed by atoms with van der Waals surface area (Å²) >= 11 is 0. The molecule has 0 saturated heterocycles. The van der Waals surface area contributed by atoms with E-state index in [1.807, 2.05) is 0 Å². The van der Waals surface area contributed by atoms with Crippen LogP contribution in [0.3, 0.4) is 0 Å². The lowest BCUT2D eigenvalue weighted by atomic mass is 10.0. The maximum absolute atomic E-state index is 15.7. The van der Waals surface area contributed by atoms with E-state index < -0.39 is 46.5 Å². The van der Waals surface area contributed by atoms with Crippen molar-refractivity contribution in [1.29, 1.82) is 0 Å². The van der Waals surface area contributed by atoms with Crippen LogP contribution in [0.4, 0.5) is 35.1 Å². The molecule has 274 valence electrons. The van der Waals surface area contributed by atoms with Gasteiger partial charge in [0.2, 0.25) is 0 Å². The number of aromatic amines is 2. The van der Waals surface area contributed by atoms with Gasteiger partial charge in [0.25, 0.3) is 0 Å². The Hall–Kier alpha value is -7.08. The van der Waals surface area contributed by atoms with Gasteiger partial charge in [-0.1, -0.05) is 0 Å². The average molecular weight is 759 g/mol. The van der Waals surface area contributed by atoms with Crippen molar-refractivity contribution in [1.82, 2.24) is 19.9 Å². The molecule has 0 radical (unpaired) electrons. The number of hydrogen-bond acceptors (Lipinski definition) is 2. The predicted molar refractivity (Wildman–Crippen MR) is 200 cm³/mol. The van der Waals surface area contributed by atoms with E-state index in [0.717, 1.165) is 72.8 Å². The summed E-state index contributed by atoms with van der Waals surface area (Å²) in [5.74, 6) is -6.34. The molecule has 2 aliphatic rings. The monoisotopic (exact) mass is 758 g/mol. The van der Waals surface area contributed by atoms with Crippen molar-refractivity contribution in [3.8, 4) is 44.5 Å². The van der Waals surface area contributed by atoms with Gasteiger partial charge in [-0.25, -0.2) is 45.1 Å². The molecule has 9 rings (SSSR count). The molecular weight excluding hydrogens is 736 g/mol. The second-order valence-electron chi connectivity index (χ2n) is 13.0. The number of H-pyrrole nitrogens is 2. The third-order valence-corrected chi connectivity index (χ3v) is 9.54. The highest BCUT2D eigenvalue weighted by molar-refractivity contribution is 6.00. The summed E-state index contributed by atoms with van der Waals surface area (Å²) in [6, 6.07) is 17.4. The van der Waals surface area contributed by atoms with Crippen LogP contribution in [0.2, 0.25) is 0 Å². The van der Waals surface area contributed by atoms with Gasteiger partial charge in [-0.2, -0.15) is 0 Å². The van der Waals surface area contributed by atoms with Crippen molar-refractivity contribution in [2.45, 2.75) is 0 Å². The fourth-order valence-electron chi connectivity index (χ4n) is 7.10. The first kappa shape index (κ1) is 34.7. The Balaban J connectivity index is 1.52. The summed E-state index contributed by atoms with van der Waals surface area (Å²) in [7, 11) is 0. The van der Waals surface area contributed by atoms with E-state index in [-0.39, 0.29) is 89.4 Å². The van der Waals surface area contributed by atoms with Crippen molar-refractivity contribution in [3.05, 3.63) is 166 Å². The maximum atomic E-state index is 15.7. The van der Waals surface area contributed by atoms with Crippen LogP contribution in [0.15, 0.2) is 97.1 Å². The van der Waals surface area contributed by atoms with Gasteiger partial charge in [0.1, 0.15) is 46.5 Å². The van der Waals surface area contributed by atoms with Crippen LogP contribution in [0.1, 0.15) is 22.8 Å². The highest BCUT2D eigenvalue weighted by Crippen LogP contribution is 2.40. The quantitative estimate of drug-likeness (QED) is 0.176. The number of hydrogen-bond donors (Lipinski definition) is 2. The number of nitrogens with zero attached hydrogens (tertiary/aromatic N) is 2. The number of halogens is 8. The molecule has 0 fully saturated rings. The highest BCUT2D eigenvalue weighted by Gasteiger charge is 2.23. The number of nitrogens with one attached hydrogen (secondary N) is 2. The lowest BCUT2D eigenvalue weighted by Crippen LogP contribution is -1.94. The van der Waals surface area contributed by atoms with Crippen LogP contribution >= 0.6 is 0 Å². The van der Waals surface area contributed by atoms with E-state index in [1.54, 1.807) is 0 Å². The summed E-state index contributed by atoms with van der Waals surface area (Å²) in [5, 5.41) is 0. The van der Waals surface area contributed by atoms with Crippen LogP contribution in [-0.2, 0) is 0 Å². The minimum absolute atomic E-state index is 0.0465. The molecule has 0 amide bonds. The van der Waals surface area contributed by atoms with Crippen LogP contribution in [0.5, 0.6) is 0 Å². The summed E-state index contributed by atoms with van der Waals surface area (Å²) in [5.41, 5.74) is 0.289. The number of benzene rings is 4. The smallest absolute Gasteiger partial charge is 0.131 e. The summed E-state index contributed by atoms with van der Waals surface area (Å²) in [6.07, 6.45) is 5.93. The average Bonchev–Trinajstić information content (AvgIpc) is 4.01. The molecule has 0 spiro atoms. The topological polar surface area (TPSA) is 57.4 Å².